The van der Waals surface area contributed by atoms with Crippen molar-refractivity contribution in [2.75, 3.05) is 0 Å². The van der Waals surface area contributed by atoms with Gasteiger partial charge in [-0.15, -0.1) is 0 Å². The fraction of sp³-hybridized carbons (Fsp3) is 0.909. The maximum atomic E-state index is 10.8. The van der Waals surface area contributed by atoms with E-state index < -0.39 is 0 Å². The Kier molecular flexibility index (Phi) is 2.91. The van der Waals surface area contributed by atoms with E-state index in [1.807, 2.05) is 13.8 Å². The molecule has 14 heavy (non-hydrogen) atoms. The van der Waals surface area contributed by atoms with Gasteiger partial charge >= 0.3 is 0 Å². The molecule has 0 saturated heterocycles. The molecule has 0 aromatic rings. The van der Waals surface area contributed by atoms with Crippen molar-refractivity contribution in [1.29, 1.82) is 0 Å². The van der Waals surface area contributed by atoms with E-state index in [4.69, 9.17) is 5.73 Å². The topological polar surface area (TPSA) is 55.1 Å². The van der Waals surface area contributed by atoms with Crippen LogP contribution < -0.4 is 11.1 Å². The van der Waals surface area contributed by atoms with Crippen LogP contribution in [0, 0.1) is 5.41 Å². The van der Waals surface area contributed by atoms with Crippen molar-refractivity contribution in [2.45, 2.75) is 58.5 Å². The molecule has 0 spiro atoms. The first-order chi connectivity index (χ1) is 6.25. The molecule has 3 heteroatoms. The third-order valence-corrected chi connectivity index (χ3v) is 3.31. The van der Waals surface area contributed by atoms with E-state index in [1.54, 1.807) is 0 Å². The number of primary amides is 1. The minimum absolute atomic E-state index is 0.184. The molecule has 1 fully saturated rings. The number of nitrogens with one attached hydrogen (secondary N) is 1. The molecule has 0 heterocycles. The van der Waals surface area contributed by atoms with E-state index in [-0.39, 0.29) is 11.4 Å². The number of carbonyl (C=O) groups excluding carboxylic acids is 1. The van der Waals surface area contributed by atoms with E-state index in [0.29, 0.717) is 17.9 Å². The molecule has 1 rings (SSSR count). The highest BCUT2D eigenvalue weighted by atomic mass is 16.1. The maximum absolute atomic E-state index is 10.8. The summed E-state index contributed by atoms with van der Waals surface area (Å²) < 4.78 is 0. The Balaban J connectivity index is 2.45. The lowest BCUT2D eigenvalue weighted by atomic mass is 9.93. The SMILES string of the molecule is CC(NC(C)(C)CC(N)=O)C1(C)CC1. The normalized spacial score (nSPS) is 21.7. The molecule has 0 bridgehead atoms. The van der Waals surface area contributed by atoms with Gasteiger partial charge in [0.25, 0.3) is 0 Å². The van der Waals surface area contributed by atoms with Crippen LogP contribution in [0.5, 0.6) is 0 Å². The van der Waals surface area contributed by atoms with E-state index in [9.17, 15) is 4.79 Å². The van der Waals surface area contributed by atoms with Gasteiger partial charge in [-0.3, -0.25) is 4.79 Å². The summed E-state index contributed by atoms with van der Waals surface area (Å²) in [5, 5.41) is 3.49. The molecule has 3 nitrogen and oxygen atoms in total. The maximum Gasteiger partial charge on any atom is 0.219 e. The molecule has 0 radical (unpaired) electrons. The molecule has 3 N–H and O–H groups in total. The summed E-state index contributed by atoms with van der Waals surface area (Å²) >= 11 is 0. The van der Waals surface area contributed by atoms with E-state index in [0.717, 1.165) is 0 Å². The monoisotopic (exact) mass is 198 g/mol. The fourth-order valence-electron chi connectivity index (χ4n) is 1.88. The first kappa shape index (κ1) is 11.5. The molecule has 1 amide bonds. The summed E-state index contributed by atoms with van der Waals surface area (Å²) in [4.78, 5) is 10.8. The number of rotatable bonds is 5. The summed E-state index contributed by atoms with van der Waals surface area (Å²) in [6, 6.07) is 0.455. The predicted octanol–water partition coefficient (Wildman–Crippen LogP) is 1.42. The minimum Gasteiger partial charge on any atom is -0.370 e. The zero-order valence-corrected chi connectivity index (χ0v) is 9.68. The molecular formula is C11H22N2O. The van der Waals surface area contributed by atoms with Crippen molar-refractivity contribution in [2.24, 2.45) is 11.1 Å². The van der Waals surface area contributed by atoms with Gasteiger partial charge in [0.2, 0.25) is 5.91 Å². The van der Waals surface area contributed by atoms with Gasteiger partial charge in [-0.05, 0) is 39.0 Å². The van der Waals surface area contributed by atoms with Crippen molar-refractivity contribution in [3.8, 4) is 0 Å². The van der Waals surface area contributed by atoms with E-state index >= 15 is 0 Å². The zero-order chi connectivity index (χ0) is 11.0. The smallest absolute Gasteiger partial charge is 0.219 e. The van der Waals surface area contributed by atoms with Gasteiger partial charge in [-0.25, -0.2) is 0 Å². The second-order valence-corrected chi connectivity index (χ2v) is 5.55. The van der Waals surface area contributed by atoms with Crippen LogP contribution in [0.25, 0.3) is 0 Å². The molecule has 0 aliphatic heterocycles. The lowest BCUT2D eigenvalue weighted by Crippen LogP contribution is -2.49. The highest BCUT2D eigenvalue weighted by molar-refractivity contribution is 5.75. The van der Waals surface area contributed by atoms with Gasteiger partial charge in [-0.1, -0.05) is 6.92 Å². The quantitative estimate of drug-likeness (QED) is 0.702. The highest BCUT2D eigenvalue weighted by Crippen LogP contribution is 2.48. The number of hydrogen-bond donors (Lipinski definition) is 2. The van der Waals surface area contributed by atoms with Crippen LogP contribution in [0.15, 0.2) is 0 Å². The molecule has 1 atom stereocenters. The van der Waals surface area contributed by atoms with E-state index in [1.165, 1.54) is 12.8 Å². The number of amides is 1. The Morgan fingerprint density at radius 3 is 2.43 bits per heavy atom. The summed E-state index contributed by atoms with van der Waals surface area (Å²) in [5.74, 6) is -0.240. The summed E-state index contributed by atoms with van der Waals surface area (Å²) in [6.07, 6.45) is 2.97. The lowest BCUT2D eigenvalue weighted by molar-refractivity contribution is -0.119. The average Bonchev–Trinajstić information content (AvgIpc) is 2.64. The summed E-state index contributed by atoms with van der Waals surface area (Å²) in [7, 11) is 0. The van der Waals surface area contributed by atoms with Crippen LogP contribution >= 0.6 is 0 Å². The molecular weight excluding hydrogens is 176 g/mol. The first-order valence-corrected chi connectivity index (χ1v) is 5.31. The predicted molar refractivity (Wildman–Crippen MR) is 57.8 cm³/mol. The van der Waals surface area contributed by atoms with Crippen LogP contribution in [0.1, 0.15) is 47.0 Å². The summed E-state index contributed by atoms with van der Waals surface area (Å²) in [6.45, 7) is 8.53. The van der Waals surface area contributed by atoms with Crippen molar-refractivity contribution in [3.05, 3.63) is 0 Å². The van der Waals surface area contributed by atoms with Gasteiger partial charge in [0, 0.05) is 18.0 Å². The molecule has 0 aromatic carbocycles. The Bertz CT molecular complexity index is 231. The molecule has 1 saturated carbocycles. The van der Waals surface area contributed by atoms with Crippen LogP contribution in [-0.4, -0.2) is 17.5 Å². The van der Waals surface area contributed by atoms with Crippen molar-refractivity contribution < 1.29 is 4.79 Å². The van der Waals surface area contributed by atoms with E-state index in [2.05, 4.69) is 19.2 Å². The first-order valence-electron chi connectivity index (χ1n) is 5.31. The van der Waals surface area contributed by atoms with Crippen LogP contribution in [0.2, 0.25) is 0 Å². The highest BCUT2D eigenvalue weighted by Gasteiger charge is 2.43. The third kappa shape index (κ3) is 2.98. The largest absolute Gasteiger partial charge is 0.370 e. The van der Waals surface area contributed by atoms with Gasteiger partial charge < -0.3 is 11.1 Å². The molecule has 0 aromatic heterocycles. The fourth-order valence-corrected chi connectivity index (χ4v) is 1.88. The Labute approximate surface area is 86.4 Å². The number of carbonyl (C=O) groups is 1. The van der Waals surface area contributed by atoms with Gasteiger partial charge in [-0.2, -0.15) is 0 Å². The van der Waals surface area contributed by atoms with Crippen LogP contribution in [0.3, 0.4) is 0 Å². The summed E-state index contributed by atoms with van der Waals surface area (Å²) in [5.41, 5.74) is 5.46. The van der Waals surface area contributed by atoms with Crippen LogP contribution in [0.4, 0.5) is 0 Å². The van der Waals surface area contributed by atoms with Gasteiger partial charge in [0.15, 0.2) is 0 Å². The van der Waals surface area contributed by atoms with Crippen molar-refractivity contribution in [3.63, 3.8) is 0 Å². The zero-order valence-electron chi connectivity index (χ0n) is 9.68. The number of nitrogens with two attached hydrogens (primary N) is 1. The molecule has 1 unspecified atom stereocenters. The van der Waals surface area contributed by atoms with Gasteiger partial charge in [0.1, 0.15) is 0 Å². The third-order valence-electron chi connectivity index (χ3n) is 3.31. The lowest BCUT2D eigenvalue weighted by Gasteiger charge is -2.32. The minimum atomic E-state index is -0.240. The Morgan fingerprint density at radius 2 is 2.07 bits per heavy atom. The standard InChI is InChI=1S/C11H22N2O/c1-8(11(4)5-6-11)13-10(2,3)7-9(12)14/h8,13H,5-7H2,1-4H3,(H2,12,14). The van der Waals surface area contributed by atoms with Crippen LogP contribution in [-0.2, 0) is 4.79 Å². The molecule has 1 aliphatic rings. The average molecular weight is 198 g/mol. The van der Waals surface area contributed by atoms with Crippen molar-refractivity contribution >= 4 is 5.91 Å². The number of hydrogen-bond acceptors (Lipinski definition) is 2. The van der Waals surface area contributed by atoms with Gasteiger partial charge in [0.05, 0.1) is 0 Å². The molecule has 1 aliphatic carbocycles. The second-order valence-electron chi connectivity index (χ2n) is 5.55. The second kappa shape index (κ2) is 3.54. The Hall–Kier alpha value is -0.570. The molecule has 82 valence electrons. The van der Waals surface area contributed by atoms with Crippen molar-refractivity contribution in [1.82, 2.24) is 5.32 Å². The Morgan fingerprint density at radius 1 is 1.57 bits per heavy atom.